The maximum absolute atomic E-state index is 5.27. The van der Waals surface area contributed by atoms with Crippen molar-refractivity contribution in [2.75, 3.05) is 13.7 Å². The van der Waals surface area contributed by atoms with E-state index in [4.69, 9.17) is 9.72 Å². The first kappa shape index (κ1) is 13.4. The number of nitrogens with zero attached hydrogens (tertiary/aromatic N) is 2. The van der Waals surface area contributed by atoms with Crippen LogP contribution < -0.4 is 5.32 Å². The van der Waals surface area contributed by atoms with Gasteiger partial charge in [-0.3, -0.25) is 0 Å². The Morgan fingerprint density at radius 3 is 3.11 bits per heavy atom. The van der Waals surface area contributed by atoms with Crippen LogP contribution in [0.5, 0.6) is 0 Å². The van der Waals surface area contributed by atoms with Gasteiger partial charge in [-0.1, -0.05) is 6.92 Å². The Morgan fingerprint density at radius 1 is 1.56 bits per heavy atom. The van der Waals surface area contributed by atoms with Crippen molar-refractivity contribution in [3.63, 3.8) is 0 Å². The van der Waals surface area contributed by atoms with Crippen molar-refractivity contribution in [2.24, 2.45) is 0 Å². The van der Waals surface area contributed by atoms with Gasteiger partial charge in [-0.2, -0.15) is 0 Å². The van der Waals surface area contributed by atoms with E-state index in [1.165, 1.54) is 24.1 Å². The summed E-state index contributed by atoms with van der Waals surface area (Å²) in [6.07, 6.45) is 6.45. The Kier molecular flexibility index (Phi) is 4.66. The van der Waals surface area contributed by atoms with E-state index in [2.05, 4.69) is 17.2 Å². The molecule has 0 spiro atoms. The van der Waals surface area contributed by atoms with E-state index in [9.17, 15) is 0 Å². The average Bonchev–Trinajstić information content (AvgIpc) is 2.39. The fraction of sp³-hybridized carbons (Fsp3) is 0.714. The highest BCUT2D eigenvalue weighted by molar-refractivity contribution is 5.24. The van der Waals surface area contributed by atoms with E-state index in [-0.39, 0.29) is 6.10 Å². The number of aromatic nitrogens is 2. The largest absolute Gasteiger partial charge is 0.381 e. The summed E-state index contributed by atoms with van der Waals surface area (Å²) >= 11 is 0. The molecule has 0 bridgehead atoms. The topological polar surface area (TPSA) is 47.0 Å². The van der Waals surface area contributed by atoms with Crippen LogP contribution in [0, 0.1) is 0 Å². The Bertz CT molecular complexity index is 395. The Morgan fingerprint density at radius 2 is 2.39 bits per heavy atom. The third-order valence-electron chi connectivity index (χ3n) is 3.55. The lowest BCUT2D eigenvalue weighted by molar-refractivity contribution is 0.117. The quantitative estimate of drug-likeness (QED) is 0.867. The molecule has 2 atom stereocenters. The van der Waals surface area contributed by atoms with Crippen LogP contribution in [0.1, 0.15) is 49.8 Å². The minimum atomic E-state index is 0.177. The summed E-state index contributed by atoms with van der Waals surface area (Å²) in [4.78, 5) is 9.18. The molecule has 0 radical (unpaired) electrons. The lowest BCUT2D eigenvalue weighted by atomic mass is 9.92. The second kappa shape index (κ2) is 6.25. The smallest absolute Gasteiger partial charge is 0.131 e. The van der Waals surface area contributed by atoms with Gasteiger partial charge in [-0.25, -0.2) is 9.97 Å². The molecule has 100 valence electrons. The van der Waals surface area contributed by atoms with Crippen LogP contribution in [0.3, 0.4) is 0 Å². The van der Waals surface area contributed by atoms with Crippen LogP contribution >= 0.6 is 0 Å². The second-order valence-electron chi connectivity index (χ2n) is 4.94. The van der Waals surface area contributed by atoms with Crippen molar-refractivity contribution < 1.29 is 4.74 Å². The normalized spacial score (nSPS) is 20.5. The van der Waals surface area contributed by atoms with Crippen LogP contribution in [0.15, 0.2) is 6.20 Å². The predicted molar refractivity (Wildman–Crippen MR) is 71.6 cm³/mol. The highest BCUT2D eigenvalue weighted by atomic mass is 16.5. The third-order valence-corrected chi connectivity index (χ3v) is 3.55. The van der Waals surface area contributed by atoms with Crippen molar-refractivity contribution >= 4 is 0 Å². The van der Waals surface area contributed by atoms with Gasteiger partial charge < -0.3 is 10.1 Å². The summed E-state index contributed by atoms with van der Waals surface area (Å²) in [6, 6.07) is 0.438. The molecule has 1 aromatic rings. The van der Waals surface area contributed by atoms with Gasteiger partial charge >= 0.3 is 0 Å². The van der Waals surface area contributed by atoms with Gasteiger partial charge in [-0.15, -0.1) is 0 Å². The number of hydrogen-bond acceptors (Lipinski definition) is 4. The predicted octanol–water partition coefficient (Wildman–Crippen LogP) is 2.04. The van der Waals surface area contributed by atoms with Gasteiger partial charge in [0.05, 0.1) is 6.10 Å². The summed E-state index contributed by atoms with van der Waals surface area (Å²) in [6.45, 7) is 5.18. The zero-order valence-electron chi connectivity index (χ0n) is 11.6. The van der Waals surface area contributed by atoms with Gasteiger partial charge in [0.2, 0.25) is 0 Å². The second-order valence-corrected chi connectivity index (χ2v) is 4.94. The number of ether oxygens (including phenoxy) is 1. The highest BCUT2D eigenvalue weighted by Crippen LogP contribution is 2.27. The van der Waals surface area contributed by atoms with E-state index in [0.29, 0.717) is 6.04 Å². The fourth-order valence-corrected chi connectivity index (χ4v) is 2.49. The molecule has 1 aliphatic carbocycles. The summed E-state index contributed by atoms with van der Waals surface area (Å²) < 4.78 is 5.27. The Balaban J connectivity index is 2.16. The van der Waals surface area contributed by atoms with Gasteiger partial charge in [0.1, 0.15) is 5.82 Å². The highest BCUT2D eigenvalue weighted by Gasteiger charge is 2.21. The van der Waals surface area contributed by atoms with Crippen LogP contribution in [0.4, 0.5) is 0 Å². The summed E-state index contributed by atoms with van der Waals surface area (Å²) in [5.41, 5.74) is 2.51. The van der Waals surface area contributed by atoms with E-state index < -0.39 is 0 Å². The van der Waals surface area contributed by atoms with Crippen LogP contribution in [0.2, 0.25) is 0 Å². The lowest BCUT2D eigenvalue weighted by Gasteiger charge is -2.25. The first-order chi connectivity index (χ1) is 8.74. The van der Waals surface area contributed by atoms with Crippen LogP contribution in [0.25, 0.3) is 0 Å². The molecule has 2 rings (SSSR count). The molecule has 1 heterocycles. The molecule has 4 nitrogen and oxygen atoms in total. The number of hydrogen-bond donors (Lipinski definition) is 1. The minimum Gasteiger partial charge on any atom is -0.381 e. The molecule has 0 fully saturated rings. The standard InChI is InChI=1S/C14H23N3O/c1-4-15-12-6-5-7-13-11(12)9-16-14(17-13)8-10(2)18-3/h9-10,12,15H,4-8H2,1-3H3. The molecule has 0 aromatic carbocycles. The van der Waals surface area contributed by atoms with Gasteiger partial charge in [0.15, 0.2) is 0 Å². The molecule has 0 saturated heterocycles. The number of nitrogens with one attached hydrogen (secondary N) is 1. The molecule has 1 N–H and O–H groups in total. The van der Waals surface area contributed by atoms with Gasteiger partial charge in [-0.05, 0) is 32.7 Å². The number of aryl methyl sites for hydroxylation is 1. The zero-order chi connectivity index (χ0) is 13.0. The first-order valence-electron chi connectivity index (χ1n) is 6.85. The summed E-state index contributed by atoms with van der Waals surface area (Å²) in [5.74, 6) is 0.903. The van der Waals surface area contributed by atoms with Crippen molar-refractivity contribution in [3.05, 3.63) is 23.3 Å². The molecular weight excluding hydrogens is 226 g/mol. The summed E-state index contributed by atoms with van der Waals surface area (Å²) in [7, 11) is 1.73. The Labute approximate surface area is 109 Å². The van der Waals surface area contributed by atoms with Crippen molar-refractivity contribution in [1.29, 1.82) is 0 Å². The molecule has 4 heteroatoms. The van der Waals surface area contributed by atoms with Gasteiger partial charge in [0.25, 0.3) is 0 Å². The van der Waals surface area contributed by atoms with Crippen LogP contribution in [-0.4, -0.2) is 29.7 Å². The maximum Gasteiger partial charge on any atom is 0.131 e. The monoisotopic (exact) mass is 249 g/mol. The zero-order valence-corrected chi connectivity index (χ0v) is 11.6. The molecule has 2 unspecified atom stereocenters. The molecule has 0 saturated carbocycles. The molecular formula is C14H23N3O. The van der Waals surface area contributed by atoms with E-state index >= 15 is 0 Å². The lowest BCUT2D eigenvalue weighted by Crippen LogP contribution is -2.26. The Hall–Kier alpha value is -1.00. The van der Waals surface area contributed by atoms with E-state index in [1.54, 1.807) is 7.11 Å². The first-order valence-corrected chi connectivity index (χ1v) is 6.85. The summed E-state index contributed by atoms with van der Waals surface area (Å²) in [5, 5.41) is 3.51. The number of rotatable bonds is 5. The molecule has 1 aliphatic rings. The van der Waals surface area contributed by atoms with Crippen LogP contribution in [-0.2, 0) is 17.6 Å². The fourth-order valence-electron chi connectivity index (χ4n) is 2.49. The molecule has 18 heavy (non-hydrogen) atoms. The number of methoxy groups -OCH3 is 1. The maximum atomic E-state index is 5.27. The van der Waals surface area contributed by atoms with Crippen molar-refractivity contribution in [3.8, 4) is 0 Å². The molecule has 1 aromatic heterocycles. The SMILES string of the molecule is CCNC1CCCc2nc(CC(C)OC)ncc21. The van der Waals surface area contributed by atoms with Crippen molar-refractivity contribution in [2.45, 2.75) is 51.7 Å². The van der Waals surface area contributed by atoms with E-state index in [0.717, 1.165) is 25.2 Å². The number of fused-ring (bicyclic) bond motifs is 1. The van der Waals surface area contributed by atoms with E-state index in [1.807, 2.05) is 13.1 Å². The van der Waals surface area contributed by atoms with Gasteiger partial charge in [0, 0.05) is 37.0 Å². The minimum absolute atomic E-state index is 0.177. The third kappa shape index (κ3) is 3.06. The molecule has 0 amide bonds. The van der Waals surface area contributed by atoms with Crippen molar-refractivity contribution in [1.82, 2.24) is 15.3 Å². The molecule has 0 aliphatic heterocycles. The average molecular weight is 249 g/mol.